The number of hydrogen-bond acceptors (Lipinski definition) is 8. The van der Waals surface area contributed by atoms with Crippen molar-refractivity contribution < 1.29 is 46.9 Å². The molecule has 0 N–H and O–H groups in total. The molecule has 0 amide bonds. The molecule has 0 atom stereocenters. The largest absolute Gasteiger partial charge is 0.419 e. The van der Waals surface area contributed by atoms with E-state index in [4.69, 9.17) is 18.9 Å². The zero-order valence-corrected chi connectivity index (χ0v) is 22.9. The minimum absolute atomic E-state index is 0.0599. The lowest BCUT2D eigenvalue weighted by Gasteiger charge is -2.14. The minimum atomic E-state index is -1.20. The van der Waals surface area contributed by atoms with E-state index in [1.165, 1.54) is 54.6 Å². The summed E-state index contributed by atoms with van der Waals surface area (Å²) in [4.78, 5) is 47.2. The third kappa shape index (κ3) is 6.66. The van der Waals surface area contributed by atoms with E-state index in [2.05, 4.69) is 26.3 Å². The van der Waals surface area contributed by atoms with Gasteiger partial charge in [-0.3, -0.25) is 0 Å². The molecule has 0 spiro atoms. The molecule has 0 aliphatic heterocycles. The van der Waals surface area contributed by atoms with Gasteiger partial charge in [0.15, 0.2) is 34.6 Å². The van der Waals surface area contributed by atoms with Gasteiger partial charge in [-0.15, -0.1) is 0 Å². The average Bonchev–Trinajstić information content (AvgIpc) is 3.02. The summed E-state index contributed by atoms with van der Waals surface area (Å²) < 4.78 is 51.6. The normalized spacial score (nSPS) is 10.3. The molecule has 0 heterocycles. The molecule has 4 aromatic carbocycles. The molecule has 0 saturated carbocycles. The summed E-state index contributed by atoms with van der Waals surface area (Å²) in [5.74, 6) is -6.22. The van der Waals surface area contributed by atoms with Gasteiger partial charge >= 0.3 is 23.9 Å². The van der Waals surface area contributed by atoms with Crippen LogP contribution in [0.2, 0.25) is 0 Å². The summed E-state index contributed by atoms with van der Waals surface area (Å²) in [5.41, 5.74) is 0.142. The fraction of sp³-hybridized carbons (Fsp3) is 0. The van der Waals surface area contributed by atoms with Crippen LogP contribution in [0.15, 0.2) is 111 Å². The molecule has 4 aromatic rings. The minimum Gasteiger partial charge on any atom is -0.419 e. The van der Waals surface area contributed by atoms with E-state index in [0.29, 0.717) is 10.8 Å². The molecule has 10 heteroatoms. The van der Waals surface area contributed by atoms with E-state index in [0.717, 1.165) is 24.3 Å². The summed E-state index contributed by atoms with van der Waals surface area (Å²) in [5, 5.41) is 0.991. The zero-order valence-electron chi connectivity index (χ0n) is 22.9. The number of halogens is 2. The molecule has 8 nitrogen and oxygen atoms in total. The Hall–Kier alpha value is -6.16. The first-order chi connectivity index (χ1) is 21.1. The Morgan fingerprint density at radius 1 is 0.477 bits per heavy atom. The molecule has 0 unspecified atom stereocenters. The highest BCUT2D eigenvalue weighted by molar-refractivity contribution is 5.94. The van der Waals surface area contributed by atoms with Crippen molar-refractivity contribution in [2.75, 3.05) is 0 Å². The second kappa shape index (κ2) is 13.2. The molecule has 0 bridgehead atoms. The highest BCUT2D eigenvalue weighted by atomic mass is 19.2. The van der Waals surface area contributed by atoms with Crippen LogP contribution in [0.4, 0.5) is 8.78 Å². The molecule has 44 heavy (non-hydrogen) atoms. The van der Waals surface area contributed by atoms with E-state index in [1.807, 2.05) is 0 Å². The number of hydrogen-bond donors (Lipinski definition) is 0. The zero-order chi connectivity index (χ0) is 32.0. The molecule has 0 aliphatic rings. The third-order valence-electron chi connectivity index (χ3n) is 6.06. The Bertz CT molecular complexity index is 1890. The Labute approximate surface area is 249 Å². The third-order valence-corrected chi connectivity index (χ3v) is 6.06. The second-order valence-electron chi connectivity index (χ2n) is 8.81. The van der Waals surface area contributed by atoms with Crippen molar-refractivity contribution in [1.29, 1.82) is 0 Å². The number of esters is 4. The van der Waals surface area contributed by atoms with Crippen LogP contribution < -0.4 is 18.9 Å². The molecular weight excluding hydrogens is 574 g/mol. The lowest BCUT2D eigenvalue weighted by atomic mass is 9.96. The van der Waals surface area contributed by atoms with Crippen molar-refractivity contribution >= 4 is 34.6 Å². The van der Waals surface area contributed by atoms with E-state index in [9.17, 15) is 19.2 Å². The van der Waals surface area contributed by atoms with Crippen molar-refractivity contribution in [2.45, 2.75) is 0 Å². The Balaban J connectivity index is 1.76. The van der Waals surface area contributed by atoms with Crippen molar-refractivity contribution in [2.24, 2.45) is 0 Å². The first kappa shape index (κ1) is 30.8. The van der Waals surface area contributed by atoms with Crippen LogP contribution in [0, 0.1) is 11.6 Å². The van der Waals surface area contributed by atoms with Crippen molar-refractivity contribution in [3.05, 3.63) is 123 Å². The molecule has 0 aliphatic carbocycles. The van der Waals surface area contributed by atoms with Crippen LogP contribution in [0.1, 0.15) is 0 Å². The molecule has 0 fully saturated rings. The summed E-state index contributed by atoms with van der Waals surface area (Å²) in [6, 6.07) is 14.0. The Kier molecular flexibility index (Phi) is 9.25. The smallest absolute Gasteiger partial charge is 0.335 e. The van der Waals surface area contributed by atoms with Gasteiger partial charge in [0.05, 0.1) is 0 Å². The number of ether oxygens (including phenoxy) is 4. The van der Waals surface area contributed by atoms with Crippen LogP contribution in [-0.4, -0.2) is 23.9 Å². The molecular formula is C34H22F2O8. The van der Waals surface area contributed by atoms with Crippen molar-refractivity contribution in [3.8, 4) is 45.3 Å². The highest BCUT2D eigenvalue weighted by Gasteiger charge is 2.20. The number of rotatable bonds is 10. The highest BCUT2D eigenvalue weighted by Crippen LogP contribution is 2.39. The SMILES string of the molecule is C=CC(=O)Oc1ccc(-c2ccc(-c3ccc4cc(OC(=O)C=C)c(OC(=O)C=C)cc4c3)c(F)c2F)cc1OC(=O)C=C. The summed E-state index contributed by atoms with van der Waals surface area (Å²) in [6.45, 7) is 13.3. The Morgan fingerprint density at radius 3 is 1.34 bits per heavy atom. The van der Waals surface area contributed by atoms with Gasteiger partial charge in [-0.25, -0.2) is 28.0 Å². The van der Waals surface area contributed by atoms with E-state index in [1.54, 1.807) is 6.07 Å². The number of benzene rings is 4. The van der Waals surface area contributed by atoms with E-state index < -0.39 is 35.5 Å². The van der Waals surface area contributed by atoms with Crippen molar-refractivity contribution in [3.63, 3.8) is 0 Å². The summed E-state index contributed by atoms with van der Waals surface area (Å²) >= 11 is 0. The predicted molar refractivity (Wildman–Crippen MR) is 158 cm³/mol. The standard InChI is InChI=1S/C34H22F2O8/c1-5-29(37)41-25-14-11-21(17-26(25)42-30(38)6-2)24-13-12-23(33(35)34(24)36)20-10-9-19-16-27(43-31(39)7-3)28(18-22(19)15-20)44-32(40)8-4/h5-18H,1-4H2. The van der Waals surface area contributed by atoms with Crippen LogP contribution >= 0.6 is 0 Å². The number of fused-ring (bicyclic) bond motifs is 1. The molecule has 0 saturated heterocycles. The van der Waals surface area contributed by atoms with Gasteiger partial charge in [0, 0.05) is 35.4 Å². The molecule has 220 valence electrons. The second-order valence-corrected chi connectivity index (χ2v) is 8.81. The summed E-state index contributed by atoms with van der Waals surface area (Å²) in [6.07, 6.45) is 3.64. The average molecular weight is 597 g/mol. The van der Waals surface area contributed by atoms with E-state index in [-0.39, 0.29) is 45.3 Å². The first-order valence-corrected chi connectivity index (χ1v) is 12.7. The molecule has 0 radical (unpaired) electrons. The van der Waals surface area contributed by atoms with Gasteiger partial charge in [-0.1, -0.05) is 56.6 Å². The predicted octanol–water partition coefficient (Wildman–Crippen LogP) is 6.82. The number of carbonyl (C=O) groups is 4. The fourth-order valence-corrected chi connectivity index (χ4v) is 4.02. The maximum atomic E-state index is 15.5. The van der Waals surface area contributed by atoms with Gasteiger partial charge in [-0.2, -0.15) is 0 Å². The van der Waals surface area contributed by atoms with E-state index >= 15 is 8.78 Å². The monoisotopic (exact) mass is 596 g/mol. The van der Waals surface area contributed by atoms with Crippen molar-refractivity contribution in [1.82, 2.24) is 0 Å². The van der Waals surface area contributed by atoms with Gasteiger partial charge in [0.2, 0.25) is 0 Å². The maximum Gasteiger partial charge on any atom is 0.335 e. The summed E-state index contributed by atoms with van der Waals surface area (Å²) in [7, 11) is 0. The fourth-order valence-electron chi connectivity index (χ4n) is 4.02. The topological polar surface area (TPSA) is 105 Å². The lowest BCUT2D eigenvalue weighted by molar-refractivity contribution is -0.131. The Morgan fingerprint density at radius 2 is 0.864 bits per heavy atom. The van der Waals surface area contributed by atoms with Gasteiger partial charge in [-0.05, 0) is 52.2 Å². The van der Waals surface area contributed by atoms with Crippen LogP contribution in [0.5, 0.6) is 23.0 Å². The lowest BCUT2D eigenvalue weighted by Crippen LogP contribution is -2.08. The maximum absolute atomic E-state index is 15.5. The first-order valence-electron chi connectivity index (χ1n) is 12.7. The number of carbonyl (C=O) groups excluding carboxylic acids is 4. The van der Waals surface area contributed by atoms with Crippen LogP contribution in [-0.2, 0) is 19.2 Å². The molecule has 0 aromatic heterocycles. The van der Waals surface area contributed by atoms with Gasteiger partial charge in [0.25, 0.3) is 0 Å². The quantitative estimate of drug-likeness (QED) is 0.112. The van der Waals surface area contributed by atoms with Gasteiger partial charge < -0.3 is 18.9 Å². The van der Waals surface area contributed by atoms with Gasteiger partial charge in [0.1, 0.15) is 0 Å². The molecule has 4 rings (SSSR count). The van der Waals surface area contributed by atoms with Crippen LogP contribution in [0.3, 0.4) is 0 Å². The van der Waals surface area contributed by atoms with Crippen LogP contribution in [0.25, 0.3) is 33.0 Å².